The molecule has 1 fully saturated rings. The number of halogens is 1. The van der Waals surface area contributed by atoms with Gasteiger partial charge in [0, 0.05) is 31.7 Å². The summed E-state index contributed by atoms with van der Waals surface area (Å²) in [5, 5.41) is 21.0. The Morgan fingerprint density at radius 3 is 2.62 bits per heavy atom. The van der Waals surface area contributed by atoms with Gasteiger partial charge in [-0.2, -0.15) is 5.26 Å². The molecule has 2 heterocycles. The number of hydrogen-bond acceptors (Lipinski definition) is 6. The van der Waals surface area contributed by atoms with Crippen LogP contribution >= 0.6 is 12.4 Å². The highest BCUT2D eigenvalue weighted by Gasteiger charge is 2.11. The van der Waals surface area contributed by atoms with E-state index < -0.39 is 0 Å². The van der Waals surface area contributed by atoms with Gasteiger partial charge in [-0.25, -0.2) is 0 Å². The zero-order valence-corrected chi connectivity index (χ0v) is 14.1. The molecule has 126 valence electrons. The molecule has 0 aliphatic carbocycles. The number of hydrogen-bond donors (Lipinski definition) is 1. The molecule has 24 heavy (non-hydrogen) atoms. The fourth-order valence-corrected chi connectivity index (χ4v) is 2.51. The van der Waals surface area contributed by atoms with Crippen molar-refractivity contribution in [3.8, 4) is 17.3 Å². The van der Waals surface area contributed by atoms with Crippen LogP contribution in [0.2, 0.25) is 0 Å². The molecular formula is C17H20ClN5O. The molecule has 0 atom stereocenters. The van der Waals surface area contributed by atoms with E-state index in [2.05, 4.69) is 26.5 Å². The van der Waals surface area contributed by atoms with Crippen molar-refractivity contribution in [3.05, 3.63) is 42.0 Å². The Labute approximate surface area is 147 Å². The van der Waals surface area contributed by atoms with E-state index in [0.717, 1.165) is 45.0 Å². The fraction of sp³-hybridized carbons (Fsp3) is 0.353. The minimum absolute atomic E-state index is 0. The molecule has 0 bridgehead atoms. The molecule has 2 aromatic rings. The first kappa shape index (κ1) is 18.1. The molecule has 7 heteroatoms. The van der Waals surface area contributed by atoms with Gasteiger partial charge in [0.25, 0.3) is 0 Å². The normalized spacial score (nSPS) is 14.5. The van der Waals surface area contributed by atoms with Gasteiger partial charge in [0.2, 0.25) is 0 Å². The van der Waals surface area contributed by atoms with E-state index in [0.29, 0.717) is 17.1 Å². The fourth-order valence-electron chi connectivity index (χ4n) is 2.51. The molecule has 0 saturated carbocycles. The molecule has 3 rings (SSSR count). The van der Waals surface area contributed by atoms with Crippen LogP contribution in [0, 0.1) is 11.3 Å². The highest BCUT2D eigenvalue weighted by atomic mass is 35.5. The lowest BCUT2D eigenvalue weighted by molar-refractivity contribution is 0.0398. The third-order valence-electron chi connectivity index (χ3n) is 3.81. The van der Waals surface area contributed by atoms with Crippen LogP contribution in [-0.4, -0.2) is 54.5 Å². The van der Waals surface area contributed by atoms with Crippen LogP contribution in [0.15, 0.2) is 36.4 Å². The molecule has 1 aromatic carbocycles. The lowest BCUT2D eigenvalue weighted by atomic mass is 10.1. The number of aromatic nitrogens is 2. The summed E-state index contributed by atoms with van der Waals surface area (Å²) in [7, 11) is 0. The van der Waals surface area contributed by atoms with Gasteiger partial charge in [-0.15, -0.1) is 22.6 Å². The second-order valence-electron chi connectivity index (χ2n) is 5.35. The standard InChI is InChI=1S/C17H19N5O.ClH/c18-13-15-12-16(14-4-2-1-3-5-14)20-21-17(15)19-6-7-22-8-10-23-11-9-22;/h1-5,12H,6-11H2,(H,19,21);1H. The van der Waals surface area contributed by atoms with Crippen molar-refractivity contribution < 1.29 is 4.74 Å². The molecule has 1 N–H and O–H groups in total. The number of ether oxygens (including phenoxy) is 1. The SMILES string of the molecule is Cl.N#Cc1cc(-c2ccccc2)nnc1NCCN1CCOCC1. The maximum absolute atomic E-state index is 9.35. The van der Waals surface area contributed by atoms with Gasteiger partial charge >= 0.3 is 0 Å². The molecule has 1 aliphatic heterocycles. The summed E-state index contributed by atoms with van der Waals surface area (Å²) in [4.78, 5) is 2.33. The van der Waals surface area contributed by atoms with Crippen molar-refractivity contribution in [3.63, 3.8) is 0 Å². The zero-order valence-electron chi connectivity index (χ0n) is 13.3. The maximum atomic E-state index is 9.35. The van der Waals surface area contributed by atoms with Crippen LogP contribution < -0.4 is 5.32 Å². The van der Waals surface area contributed by atoms with Gasteiger partial charge in [0.1, 0.15) is 6.07 Å². The summed E-state index contributed by atoms with van der Waals surface area (Å²) < 4.78 is 5.33. The van der Waals surface area contributed by atoms with E-state index in [1.165, 1.54) is 0 Å². The Kier molecular flexibility index (Phi) is 6.94. The topological polar surface area (TPSA) is 74.1 Å². The van der Waals surface area contributed by atoms with Gasteiger partial charge in [-0.05, 0) is 6.07 Å². The molecule has 0 spiro atoms. The van der Waals surface area contributed by atoms with Gasteiger partial charge in [-0.1, -0.05) is 30.3 Å². The number of nitrogens with zero attached hydrogens (tertiary/aromatic N) is 4. The highest BCUT2D eigenvalue weighted by Crippen LogP contribution is 2.19. The second-order valence-corrected chi connectivity index (χ2v) is 5.35. The molecule has 0 radical (unpaired) electrons. The van der Waals surface area contributed by atoms with E-state index in [1.807, 2.05) is 30.3 Å². The monoisotopic (exact) mass is 345 g/mol. The molecule has 0 unspecified atom stereocenters. The van der Waals surface area contributed by atoms with E-state index >= 15 is 0 Å². The average molecular weight is 346 g/mol. The summed E-state index contributed by atoms with van der Waals surface area (Å²) in [6, 6.07) is 13.7. The Balaban J connectivity index is 0.00000208. The molecular weight excluding hydrogens is 326 g/mol. The van der Waals surface area contributed by atoms with Crippen LogP contribution in [0.4, 0.5) is 5.82 Å². The highest BCUT2D eigenvalue weighted by molar-refractivity contribution is 5.85. The first-order chi connectivity index (χ1) is 11.4. The minimum atomic E-state index is 0. The molecule has 0 amide bonds. The Morgan fingerprint density at radius 1 is 1.17 bits per heavy atom. The van der Waals surface area contributed by atoms with Crippen molar-refractivity contribution in [1.82, 2.24) is 15.1 Å². The largest absolute Gasteiger partial charge is 0.379 e. The Morgan fingerprint density at radius 2 is 1.92 bits per heavy atom. The van der Waals surface area contributed by atoms with Crippen LogP contribution in [0.3, 0.4) is 0 Å². The number of rotatable bonds is 5. The van der Waals surface area contributed by atoms with E-state index in [-0.39, 0.29) is 12.4 Å². The number of anilines is 1. The van der Waals surface area contributed by atoms with E-state index in [1.54, 1.807) is 6.07 Å². The first-order valence-electron chi connectivity index (χ1n) is 7.74. The van der Waals surface area contributed by atoms with Crippen LogP contribution in [0.1, 0.15) is 5.56 Å². The number of nitriles is 1. The van der Waals surface area contributed by atoms with Crippen molar-refractivity contribution >= 4 is 18.2 Å². The summed E-state index contributed by atoms with van der Waals surface area (Å²) in [6.45, 7) is 5.10. The van der Waals surface area contributed by atoms with E-state index in [9.17, 15) is 5.26 Å². The lowest BCUT2D eigenvalue weighted by Crippen LogP contribution is -2.39. The van der Waals surface area contributed by atoms with Crippen LogP contribution in [0.5, 0.6) is 0 Å². The minimum Gasteiger partial charge on any atom is -0.379 e. The van der Waals surface area contributed by atoms with Gasteiger partial charge in [0.05, 0.1) is 24.5 Å². The summed E-state index contributed by atoms with van der Waals surface area (Å²) in [5.74, 6) is 0.542. The third kappa shape index (κ3) is 4.65. The van der Waals surface area contributed by atoms with Crippen molar-refractivity contribution in [2.45, 2.75) is 0 Å². The Bertz CT molecular complexity index is 683. The first-order valence-corrected chi connectivity index (χ1v) is 7.74. The molecule has 1 saturated heterocycles. The van der Waals surface area contributed by atoms with Crippen molar-refractivity contribution in [2.75, 3.05) is 44.7 Å². The van der Waals surface area contributed by atoms with Crippen molar-refractivity contribution in [2.24, 2.45) is 0 Å². The van der Waals surface area contributed by atoms with E-state index in [4.69, 9.17) is 4.74 Å². The average Bonchev–Trinajstić information content (AvgIpc) is 2.63. The quantitative estimate of drug-likeness (QED) is 0.895. The van der Waals surface area contributed by atoms with Crippen LogP contribution in [-0.2, 0) is 4.74 Å². The maximum Gasteiger partial charge on any atom is 0.166 e. The number of nitrogens with one attached hydrogen (secondary N) is 1. The van der Waals surface area contributed by atoms with Crippen LogP contribution in [0.25, 0.3) is 11.3 Å². The predicted molar refractivity (Wildman–Crippen MR) is 95.2 cm³/mol. The third-order valence-corrected chi connectivity index (χ3v) is 3.81. The van der Waals surface area contributed by atoms with Gasteiger partial charge < -0.3 is 10.1 Å². The molecule has 1 aliphatic rings. The molecule has 1 aromatic heterocycles. The smallest absolute Gasteiger partial charge is 0.166 e. The Hall–Kier alpha value is -2.20. The predicted octanol–water partition coefficient (Wildman–Crippen LogP) is 2.18. The second kappa shape index (κ2) is 9.18. The lowest BCUT2D eigenvalue weighted by Gasteiger charge is -2.26. The number of morpholine rings is 1. The van der Waals surface area contributed by atoms with Gasteiger partial charge in [0.15, 0.2) is 5.82 Å². The zero-order chi connectivity index (χ0) is 15.9. The number of benzene rings is 1. The molecule has 6 nitrogen and oxygen atoms in total. The summed E-state index contributed by atoms with van der Waals surface area (Å²) in [6.07, 6.45) is 0. The summed E-state index contributed by atoms with van der Waals surface area (Å²) in [5.41, 5.74) is 2.18. The van der Waals surface area contributed by atoms with Gasteiger partial charge in [-0.3, -0.25) is 4.90 Å². The summed E-state index contributed by atoms with van der Waals surface area (Å²) >= 11 is 0. The van der Waals surface area contributed by atoms with Crippen molar-refractivity contribution in [1.29, 1.82) is 5.26 Å².